The Balaban J connectivity index is 1.73. The van der Waals surface area contributed by atoms with Gasteiger partial charge in [0.2, 0.25) is 10.0 Å². The summed E-state index contributed by atoms with van der Waals surface area (Å²) in [5, 5.41) is 3.86. The molecule has 0 saturated carbocycles. The van der Waals surface area contributed by atoms with Gasteiger partial charge in [-0.2, -0.15) is 5.10 Å². The van der Waals surface area contributed by atoms with Crippen LogP contribution in [0.2, 0.25) is 0 Å². The lowest BCUT2D eigenvalue weighted by molar-refractivity contribution is 0.171. The van der Waals surface area contributed by atoms with Gasteiger partial charge in [0.25, 0.3) is 0 Å². The molecule has 0 radical (unpaired) electrons. The highest BCUT2D eigenvalue weighted by molar-refractivity contribution is 7.89. The van der Waals surface area contributed by atoms with Crippen molar-refractivity contribution >= 4 is 10.0 Å². The van der Waals surface area contributed by atoms with E-state index in [0.717, 1.165) is 5.56 Å². The number of rotatable bonds is 4. The summed E-state index contributed by atoms with van der Waals surface area (Å²) in [5.41, 5.74) is 0.798. The summed E-state index contributed by atoms with van der Waals surface area (Å²) in [7, 11) is -1.90. The molecular formula is C13H15N3O4S. The van der Waals surface area contributed by atoms with E-state index >= 15 is 0 Å². The number of benzene rings is 1. The molecule has 0 aliphatic carbocycles. The van der Waals surface area contributed by atoms with E-state index < -0.39 is 10.0 Å². The normalized spacial score (nSPS) is 14.1. The molecule has 0 fully saturated rings. The van der Waals surface area contributed by atoms with Gasteiger partial charge in [-0.15, -0.1) is 0 Å². The third-order valence-electron chi connectivity index (χ3n) is 3.06. The van der Waals surface area contributed by atoms with Gasteiger partial charge in [-0.3, -0.25) is 4.68 Å². The summed E-state index contributed by atoms with van der Waals surface area (Å²) in [4.78, 5) is 0.141. The Hall–Kier alpha value is -2.06. The van der Waals surface area contributed by atoms with Crippen LogP contribution in [0.25, 0.3) is 0 Å². The van der Waals surface area contributed by atoms with Crippen molar-refractivity contribution in [3.05, 3.63) is 36.2 Å². The molecule has 112 valence electrons. The number of sulfonamides is 1. The van der Waals surface area contributed by atoms with E-state index in [1.54, 1.807) is 25.2 Å². The quantitative estimate of drug-likeness (QED) is 0.897. The Morgan fingerprint density at radius 3 is 2.76 bits per heavy atom. The molecular weight excluding hydrogens is 294 g/mol. The molecule has 2 aromatic rings. The molecule has 0 spiro atoms. The zero-order valence-electron chi connectivity index (χ0n) is 11.4. The third kappa shape index (κ3) is 3.01. The molecule has 1 aromatic carbocycles. The fourth-order valence-corrected chi connectivity index (χ4v) is 3.00. The molecule has 2 heterocycles. The molecule has 0 bridgehead atoms. The second-order valence-corrected chi connectivity index (χ2v) is 6.42. The second-order valence-electron chi connectivity index (χ2n) is 4.65. The van der Waals surface area contributed by atoms with Gasteiger partial charge >= 0.3 is 0 Å². The van der Waals surface area contributed by atoms with Crippen molar-refractivity contribution in [3.63, 3.8) is 0 Å². The van der Waals surface area contributed by atoms with Crippen molar-refractivity contribution in [2.45, 2.75) is 11.4 Å². The van der Waals surface area contributed by atoms with Crippen molar-refractivity contribution in [1.82, 2.24) is 14.5 Å². The Bertz CT molecular complexity index is 755. The molecule has 0 amide bonds. The molecule has 8 heteroatoms. The zero-order valence-corrected chi connectivity index (χ0v) is 12.3. The molecule has 3 rings (SSSR count). The van der Waals surface area contributed by atoms with Gasteiger partial charge in [0.15, 0.2) is 11.5 Å². The third-order valence-corrected chi connectivity index (χ3v) is 4.42. The van der Waals surface area contributed by atoms with Crippen LogP contribution >= 0.6 is 0 Å². The minimum atomic E-state index is -3.56. The van der Waals surface area contributed by atoms with Crippen molar-refractivity contribution in [2.24, 2.45) is 7.05 Å². The number of fused-ring (bicyclic) bond motifs is 1. The minimum absolute atomic E-state index is 0.141. The Kier molecular flexibility index (Phi) is 3.56. The molecule has 0 unspecified atom stereocenters. The highest BCUT2D eigenvalue weighted by atomic mass is 32.2. The molecule has 1 aliphatic rings. The Morgan fingerprint density at radius 1 is 1.29 bits per heavy atom. The first kappa shape index (κ1) is 13.9. The van der Waals surface area contributed by atoms with Crippen molar-refractivity contribution in [3.8, 4) is 11.5 Å². The second kappa shape index (κ2) is 5.38. The fourth-order valence-electron chi connectivity index (χ4n) is 2.00. The largest absolute Gasteiger partial charge is 0.486 e. The van der Waals surface area contributed by atoms with E-state index in [1.165, 1.54) is 17.1 Å². The standard InChI is InChI=1S/C13H15N3O4S/c1-16-9-11(8-14-16)21(17,18)15-7-10-2-3-12-13(6-10)20-5-4-19-12/h2-3,6,8-9,15H,4-5,7H2,1H3. The first-order chi connectivity index (χ1) is 10.0. The molecule has 21 heavy (non-hydrogen) atoms. The maximum Gasteiger partial charge on any atom is 0.243 e. The van der Waals surface area contributed by atoms with E-state index in [0.29, 0.717) is 24.7 Å². The number of ether oxygens (including phenoxy) is 2. The summed E-state index contributed by atoms with van der Waals surface area (Å²) >= 11 is 0. The van der Waals surface area contributed by atoms with E-state index in [9.17, 15) is 8.42 Å². The topological polar surface area (TPSA) is 82.5 Å². The van der Waals surface area contributed by atoms with Crippen molar-refractivity contribution < 1.29 is 17.9 Å². The SMILES string of the molecule is Cn1cc(S(=O)(=O)NCc2ccc3c(c2)OCCO3)cn1. The van der Waals surface area contributed by atoms with Crippen LogP contribution in [-0.2, 0) is 23.6 Å². The van der Waals surface area contributed by atoms with E-state index in [2.05, 4.69) is 9.82 Å². The van der Waals surface area contributed by atoms with Crippen LogP contribution in [0.5, 0.6) is 11.5 Å². The lowest BCUT2D eigenvalue weighted by atomic mass is 10.2. The van der Waals surface area contributed by atoms with Crippen molar-refractivity contribution in [1.29, 1.82) is 0 Å². The molecule has 1 N–H and O–H groups in total. The van der Waals surface area contributed by atoms with Gasteiger partial charge < -0.3 is 9.47 Å². The highest BCUT2D eigenvalue weighted by Gasteiger charge is 2.17. The van der Waals surface area contributed by atoms with Crippen LogP contribution in [-0.4, -0.2) is 31.4 Å². The molecule has 7 nitrogen and oxygen atoms in total. The lowest BCUT2D eigenvalue weighted by Crippen LogP contribution is -2.23. The number of aromatic nitrogens is 2. The van der Waals surface area contributed by atoms with Crippen LogP contribution in [0.3, 0.4) is 0 Å². The Morgan fingerprint density at radius 2 is 2.05 bits per heavy atom. The molecule has 0 saturated heterocycles. The van der Waals surface area contributed by atoms with E-state index in [4.69, 9.17) is 9.47 Å². The van der Waals surface area contributed by atoms with Gasteiger partial charge in [-0.1, -0.05) is 6.07 Å². The average Bonchev–Trinajstić information content (AvgIpc) is 2.92. The van der Waals surface area contributed by atoms with Gasteiger partial charge in [0.1, 0.15) is 18.1 Å². The van der Waals surface area contributed by atoms with Crippen molar-refractivity contribution in [2.75, 3.05) is 13.2 Å². The summed E-state index contributed by atoms with van der Waals surface area (Å²) in [6.07, 6.45) is 2.76. The van der Waals surface area contributed by atoms with Crippen LogP contribution in [0.15, 0.2) is 35.5 Å². The van der Waals surface area contributed by atoms with E-state index in [1.807, 2.05) is 0 Å². The summed E-state index contributed by atoms with van der Waals surface area (Å²) in [6.45, 7) is 1.20. The Labute approximate surface area is 122 Å². The number of hydrogen-bond donors (Lipinski definition) is 1. The lowest BCUT2D eigenvalue weighted by Gasteiger charge is -2.18. The molecule has 0 atom stereocenters. The predicted octanol–water partition coefficient (Wildman–Crippen LogP) is 0.670. The van der Waals surface area contributed by atoms with Crippen LogP contribution < -0.4 is 14.2 Å². The van der Waals surface area contributed by atoms with Crippen LogP contribution in [0.4, 0.5) is 0 Å². The van der Waals surface area contributed by atoms with Gasteiger partial charge in [0.05, 0.1) is 6.20 Å². The smallest absolute Gasteiger partial charge is 0.243 e. The number of hydrogen-bond acceptors (Lipinski definition) is 5. The summed E-state index contributed by atoms with van der Waals surface area (Å²) in [6, 6.07) is 5.36. The summed E-state index contributed by atoms with van der Waals surface area (Å²) in [5.74, 6) is 1.32. The van der Waals surface area contributed by atoms with Crippen LogP contribution in [0.1, 0.15) is 5.56 Å². The summed E-state index contributed by atoms with van der Waals surface area (Å²) < 4.78 is 39.0. The number of aryl methyl sites for hydroxylation is 1. The van der Waals surface area contributed by atoms with Crippen LogP contribution in [0, 0.1) is 0 Å². The average molecular weight is 309 g/mol. The predicted molar refractivity (Wildman–Crippen MR) is 74.7 cm³/mol. The number of nitrogens with one attached hydrogen (secondary N) is 1. The first-order valence-electron chi connectivity index (χ1n) is 6.41. The maximum atomic E-state index is 12.1. The number of nitrogens with zero attached hydrogens (tertiary/aromatic N) is 2. The van der Waals surface area contributed by atoms with E-state index in [-0.39, 0.29) is 11.4 Å². The zero-order chi connectivity index (χ0) is 14.9. The minimum Gasteiger partial charge on any atom is -0.486 e. The van der Waals surface area contributed by atoms with Gasteiger partial charge in [0, 0.05) is 19.8 Å². The molecule has 1 aliphatic heterocycles. The maximum absolute atomic E-state index is 12.1. The monoisotopic (exact) mass is 309 g/mol. The van der Waals surface area contributed by atoms with Gasteiger partial charge in [-0.25, -0.2) is 13.1 Å². The first-order valence-corrected chi connectivity index (χ1v) is 7.90. The molecule has 1 aromatic heterocycles. The van der Waals surface area contributed by atoms with Gasteiger partial charge in [-0.05, 0) is 17.7 Å². The fraction of sp³-hybridized carbons (Fsp3) is 0.308. The highest BCUT2D eigenvalue weighted by Crippen LogP contribution is 2.30.